The summed E-state index contributed by atoms with van der Waals surface area (Å²) in [7, 11) is 2.04. The molecule has 0 bridgehead atoms. The van der Waals surface area contributed by atoms with Gasteiger partial charge in [-0.1, -0.05) is 29.3 Å². The minimum Gasteiger partial charge on any atom is -0.302 e. The molecule has 0 aliphatic rings. The van der Waals surface area contributed by atoms with Crippen molar-refractivity contribution in [2.75, 3.05) is 25.6 Å². The van der Waals surface area contributed by atoms with Crippen LogP contribution in [0.4, 0.5) is 0 Å². The van der Waals surface area contributed by atoms with E-state index < -0.39 is 0 Å². The van der Waals surface area contributed by atoms with Gasteiger partial charge >= 0.3 is 0 Å². The highest BCUT2D eigenvalue weighted by atomic mass is 35.5. The van der Waals surface area contributed by atoms with Gasteiger partial charge in [0.2, 0.25) is 0 Å². The van der Waals surface area contributed by atoms with E-state index in [1.807, 2.05) is 18.8 Å². The predicted octanol–water partition coefficient (Wildman–Crippen LogP) is 4.25. The Balaban J connectivity index is 2.58. The van der Waals surface area contributed by atoms with Gasteiger partial charge in [-0.3, -0.25) is 4.79 Å². The molecule has 0 fully saturated rings. The van der Waals surface area contributed by atoms with Crippen LogP contribution >= 0.6 is 35.0 Å². The number of carbonyl (C=O) groups excluding carboxylic acids is 1. The van der Waals surface area contributed by atoms with Crippen LogP contribution in [0.25, 0.3) is 0 Å². The Kier molecular flexibility index (Phi) is 7.22. The summed E-state index contributed by atoms with van der Waals surface area (Å²) in [5.41, 5.74) is 0.514. The van der Waals surface area contributed by atoms with Crippen molar-refractivity contribution in [1.29, 1.82) is 0 Å². The van der Waals surface area contributed by atoms with Gasteiger partial charge in [0.25, 0.3) is 0 Å². The van der Waals surface area contributed by atoms with Crippen LogP contribution in [0.3, 0.4) is 0 Å². The first kappa shape index (κ1) is 16.8. The van der Waals surface area contributed by atoms with Crippen LogP contribution in [0.5, 0.6) is 0 Å². The van der Waals surface area contributed by atoms with Gasteiger partial charge in [0, 0.05) is 30.3 Å². The minimum atomic E-state index is 0.0377. The molecular formula is C14H19Cl2NOS. The Morgan fingerprint density at radius 1 is 1.42 bits per heavy atom. The second-order valence-electron chi connectivity index (χ2n) is 4.56. The third kappa shape index (κ3) is 4.99. The maximum absolute atomic E-state index is 12.1. The molecule has 106 valence electrons. The van der Waals surface area contributed by atoms with E-state index >= 15 is 0 Å². The Bertz CT molecular complexity index is 439. The zero-order valence-corrected chi connectivity index (χ0v) is 13.8. The van der Waals surface area contributed by atoms with E-state index in [1.54, 1.807) is 18.2 Å². The molecule has 0 aliphatic carbocycles. The molecule has 0 heterocycles. The third-order valence-corrected chi connectivity index (χ3v) is 4.74. The standard InChI is InChI=1S/C14H19Cl2NOS/c1-10(9-19-3)17(2)8-7-13(18)11-5-4-6-12(15)14(11)16/h4-6,10H,7-9H2,1-3H3. The Hall–Kier alpha value is -0.220. The molecule has 0 radical (unpaired) electrons. The summed E-state index contributed by atoms with van der Waals surface area (Å²) in [6.07, 6.45) is 2.54. The van der Waals surface area contributed by atoms with E-state index in [0.717, 1.165) is 12.3 Å². The lowest BCUT2D eigenvalue weighted by Gasteiger charge is -2.23. The van der Waals surface area contributed by atoms with Gasteiger partial charge in [-0.15, -0.1) is 0 Å². The fourth-order valence-electron chi connectivity index (χ4n) is 1.72. The van der Waals surface area contributed by atoms with Crippen LogP contribution in [0.15, 0.2) is 18.2 Å². The van der Waals surface area contributed by atoms with Gasteiger partial charge in [-0.05, 0) is 32.4 Å². The van der Waals surface area contributed by atoms with Crippen LogP contribution in [0, 0.1) is 0 Å². The molecule has 0 spiro atoms. The smallest absolute Gasteiger partial charge is 0.165 e. The fraction of sp³-hybridized carbons (Fsp3) is 0.500. The summed E-state index contributed by atoms with van der Waals surface area (Å²) in [5, 5.41) is 0.783. The lowest BCUT2D eigenvalue weighted by atomic mass is 10.1. The monoisotopic (exact) mass is 319 g/mol. The number of benzene rings is 1. The number of hydrogen-bond donors (Lipinski definition) is 0. The van der Waals surface area contributed by atoms with Crippen LogP contribution in [0.1, 0.15) is 23.7 Å². The van der Waals surface area contributed by atoms with Crippen LogP contribution in [-0.2, 0) is 0 Å². The van der Waals surface area contributed by atoms with E-state index in [1.165, 1.54) is 0 Å². The van der Waals surface area contributed by atoms with Crippen LogP contribution < -0.4 is 0 Å². The average Bonchev–Trinajstić information content (AvgIpc) is 2.39. The van der Waals surface area contributed by atoms with Crippen molar-refractivity contribution in [2.45, 2.75) is 19.4 Å². The van der Waals surface area contributed by atoms with Crippen molar-refractivity contribution < 1.29 is 4.79 Å². The molecule has 1 aromatic carbocycles. The van der Waals surface area contributed by atoms with Gasteiger partial charge in [-0.25, -0.2) is 0 Å². The maximum Gasteiger partial charge on any atom is 0.165 e. The number of rotatable bonds is 7. The van der Waals surface area contributed by atoms with E-state index in [0.29, 0.717) is 28.1 Å². The second kappa shape index (κ2) is 8.15. The van der Waals surface area contributed by atoms with Crippen molar-refractivity contribution in [3.05, 3.63) is 33.8 Å². The first-order chi connectivity index (χ1) is 8.97. The van der Waals surface area contributed by atoms with E-state index in [4.69, 9.17) is 23.2 Å². The molecule has 0 N–H and O–H groups in total. The number of halogens is 2. The minimum absolute atomic E-state index is 0.0377. The molecule has 1 rings (SSSR count). The molecule has 1 unspecified atom stereocenters. The number of thioether (sulfide) groups is 1. The van der Waals surface area contributed by atoms with Crippen LogP contribution in [0.2, 0.25) is 10.0 Å². The highest BCUT2D eigenvalue weighted by molar-refractivity contribution is 7.98. The summed E-state index contributed by atoms with van der Waals surface area (Å²) in [5.74, 6) is 1.10. The second-order valence-corrected chi connectivity index (χ2v) is 6.26. The molecule has 0 aliphatic heterocycles. The van der Waals surface area contributed by atoms with Gasteiger partial charge in [0.1, 0.15) is 0 Å². The Morgan fingerprint density at radius 3 is 2.74 bits per heavy atom. The average molecular weight is 320 g/mol. The molecule has 0 amide bonds. The molecule has 1 atom stereocenters. The summed E-state index contributed by atoms with van der Waals surface area (Å²) >= 11 is 13.8. The number of ketones is 1. The van der Waals surface area contributed by atoms with Crippen molar-refractivity contribution in [1.82, 2.24) is 4.90 Å². The largest absolute Gasteiger partial charge is 0.302 e. The maximum atomic E-state index is 12.1. The summed E-state index contributed by atoms with van der Waals surface area (Å²) in [6.45, 7) is 2.89. The van der Waals surface area contributed by atoms with Gasteiger partial charge in [0.05, 0.1) is 10.0 Å². The third-order valence-electron chi connectivity index (χ3n) is 3.10. The SMILES string of the molecule is CSCC(C)N(C)CCC(=O)c1cccc(Cl)c1Cl. The molecule has 19 heavy (non-hydrogen) atoms. The summed E-state index contributed by atoms with van der Waals surface area (Å²) < 4.78 is 0. The van der Waals surface area contributed by atoms with Crippen molar-refractivity contribution in [2.24, 2.45) is 0 Å². The summed E-state index contributed by atoms with van der Waals surface area (Å²) in [4.78, 5) is 14.3. The summed E-state index contributed by atoms with van der Waals surface area (Å²) in [6, 6.07) is 5.62. The first-order valence-corrected chi connectivity index (χ1v) is 8.28. The lowest BCUT2D eigenvalue weighted by molar-refractivity contribution is 0.0964. The number of nitrogens with zero attached hydrogens (tertiary/aromatic N) is 1. The Morgan fingerprint density at radius 2 is 2.11 bits per heavy atom. The van der Waals surface area contributed by atoms with Gasteiger partial charge in [0.15, 0.2) is 5.78 Å². The quantitative estimate of drug-likeness (QED) is 0.701. The van der Waals surface area contributed by atoms with Crippen molar-refractivity contribution in [3.63, 3.8) is 0 Å². The van der Waals surface area contributed by atoms with Gasteiger partial charge < -0.3 is 4.90 Å². The van der Waals surface area contributed by atoms with Crippen molar-refractivity contribution >= 4 is 40.7 Å². The molecule has 0 saturated carbocycles. The topological polar surface area (TPSA) is 20.3 Å². The highest BCUT2D eigenvalue weighted by Crippen LogP contribution is 2.26. The van der Waals surface area contributed by atoms with Crippen LogP contribution in [-0.4, -0.2) is 42.3 Å². The van der Waals surface area contributed by atoms with E-state index in [2.05, 4.69) is 18.1 Å². The normalized spacial score (nSPS) is 12.7. The molecule has 1 aromatic rings. The molecule has 0 aromatic heterocycles. The zero-order chi connectivity index (χ0) is 14.4. The first-order valence-electron chi connectivity index (χ1n) is 6.13. The molecule has 0 saturated heterocycles. The fourth-order valence-corrected chi connectivity index (χ4v) is 2.86. The zero-order valence-electron chi connectivity index (χ0n) is 11.5. The van der Waals surface area contributed by atoms with Crippen molar-refractivity contribution in [3.8, 4) is 0 Å². The molecular weight excluding hydrogens is 301 g/mol. The number of hydrogen-bond acceptors (Lipinski definition) is 3. The Labute approximate surface area is 129 Å². The molecule has 5 heteroatoms. The predicted molar refractivity (Wildman–Crippen MR) is 85.9 cm³/mol. The highest BCUT2D eigenvalue weighted by Gasteiger charge is 2.15. The van der Waals surface area contributed by atoms with E-state index in [9.17, 15) is 4.79 Å². The number of Topliss-reactive ketones (excluding diaryl/α,β-unsaturated/α-hetero) is 1. The van der Waals surface area contributed by atoms with Gasteiger partial charge in [-0.2, -0.15) is 11.8 Å². The lowest BCUT2D eigenvalue weighted by Crippen LogP contribution is -2.32. The molecule has 2 nitrogen and oxygen atoms in total. The number of carbonyl (C=O) groups is 1. The van der Waals surface area contributed by atoms with E-state index in [-0.39, 0.29) is 5.78 Å².